The fraction of sp³-hybridized carbons (Fsp3) is 0.136. The molecule has 30 heavy (non-hydrogen) atoms. The van der Waals surface area contributed by atoms with E-state index in [1.165, 1.54) is 16.2 Å². The fourth-order valence-electron chi connectivity index (χ4n) is 2.73. The Morgan fingerprint density at radius 1 is 1.10 bits per heavy atom. The molecule has 1 heterocycles. The van der Waals surface area contributed by atoms with Crippen LogP contribution < -0.4 is 10.2 Å². The number of ether oxygens (including phenoxy) is 1. The number of nitrogens with zero attached hydrogens (tertiary/aromatic N) is 1. The Bertz CT molecular complexity index is 1080. The van der Waals surface area contributed by atoms with Crippen molar-refractivity contribution in [2.24, 2.45) is 0 Å². The first-order valence-corrected chi connectivity index (χ1v) is 10.3. The summed E-state index contributed by atoms with van der Waals surface area (Å²) in [4.78, 5) is 39.3. The minimum atomic E-state index is -0.707. The molecule has 0 aliphatic rings. The number of anilines is 2. The SMILES string of the molecule is Cc1ccc(NC(=O)COC(=O)c2ccccc2N(C)C(=O)c2cccs2)c(Cl)c1. The van der Waals surface area contributed by atoms with Gasteiger partial charge in [0.25, 0.3) is 11.8 Å². The number of nitrogens with one attached hydrogen (secondary N) is 1. The van der Waals surface area contributed by atoms with E-state index in [9.17, 15) is 14.4 Å². The lowest BCUT2D eigenvalue weighted by Gasteiger charge is -2.19. The van der Waals surface area contributed by atoms with Gasteiger partial charge in [0.15, 0.2) is 6.61 Å². The molecule has 0 fully saturated rings. The molecule has 1 N–H and O–H groups in total. The zero-order chi connectivity index (χ0) is 21.7. The van der Waals surface area contributed by atoms with Crippen molar-refractivity contribution >= 4 is 52.1 Å². The van der Waals surface area contributed by atoms with Gasteiger partial charge in [-0.2, -0.15) is 0 Å². The van der Waals surface area contributed by atoms with Gasteiger partial charge in [-0.25, -0.2) is 4.79 Å². The molecule has 0 spiro atoms. The van der Waals surface area contributed by atoms with Crippen molar-refractivity contribution in [2.75, 3.05) is 23.9 Å². The number of aryl methyl sites for hydroxylation is 1. The standard InChI is InChI=1S/C22H19ClN2O4S/c1-14-9-10-17(16(23)12-14)24-20(26)13-29-22(28)15-6-3-4-7-18(15)25(2)21(27)19-8-5-11-30-19/h3-12H,13H2,1-2H3,(H,24,26). The van der Waals surface area contributed by atoms with Crippen molar-refractivity contribution < 1.29 is 19.1 Å². The van der Waals surface area contributed by atoms with Crippen molar-refractivity contribution in [1.29, 1.82) is 0 Å². The highest BCUT2D eigenvalue weighted by Gasteiger charge is 2.21. The number of para-hydroxylation sites is 1. The topological polar surface area (TPSA) is 75.7 Å². The number of halogens is 1. The van der Waals surface area contributed by atoms with E-state index in [4.69, 9.17) is 16.3 Å². The molecule has 2 aromatic carbocycles. The van der Waals surface area contributed by atoms with Crippen LogP contribution in [0.4, 0.5) is 11.4 Å². The van der Waals surface area contributed by atoms with E-state index in [1.54, 1.807) is 61.0 Å². The summed E-state index contributed by atoms with van der Waals surface area (Å²) >= 11 is 7.41. The maximum absolute atomic E-state index is 12.6. The van der Waals surface area contributed by atoms with Crippen molar-refractivity contribution in [2.45, 2.75) is 6.92 Å². The lowest BCUT2D eigenvalue weighted by atomic mass is 10.1. The predicted molar refractivity (Wildman–Crippen MR) is 119 cm³/mol. The van der Waals surface area contributed by atoms with E-state index in [1.807, 2.05) is 13.0 Å². The number of carbonyl (C=O) groups excluding carboxylic acids is 3. The van der Waals surface area contributed by atoms with Crippen molar-refractivity contribution in [3.05, 3.63) is 81.0 Å². The molecule has 154 valence electrons. The van der Waals surface area contributed by atoms with Gasteiger partial charge in [-0.05, 0) is 48.2 Å². The van der Waals surface area contributed by atoms with Gasteiger partial charge in [-0.3, -0.25) is 9.59 Å². The molecule has 3 aromatic rings. The third kappa shape index (κ3) is 5.06. The van der Waals surface area contributed by atoms with Gasteiger partial charge in [-0.15, -0.1) is 11.3 Å². The molecule has 1 aromatic heterocycles. The Balaban J connectivity index is 1.67. The Morgan fingerprint density at radius 2 is 1.87 bits per heavy atom. The van der Waals surface area contributed by atoms with Gasteiger partial charge < -0.3 is 15.0 Å². The third-order valence-corrected chi connectivity index (χ3v) is 5.43. The first-order valence-electron chi connectivity index (χ1n) is 9.00. The van der Waals surface area contributed by atoms with E-state index in [2.05, 4.69) is 5.32 Å². The first kappa shape index (κ1) is 21.5. The zero-order valence-electron chi connectivity index (χ0n) is 16.3. The summed E-state index contributed by atoms with van der Waals surface area (Å²) in [5.41, 5.74) is 1.97. The van der Waals surface area contributed by atoms with E-state index in [0.29, 0.717) is 21.3 Å². The minimum Gasteiger partial charge on any atom is -0.452 e. The quantitative estimate of drug-likeness (QED) is 0.557. The number of hydrogen-bond acceptors (Lipinski definition) is 5. The van der Waals surface area contributed by atoms with Gasteiger partial charge in [-0.1, -0.05) is 35.9 Å². The number of thiophene rings is 1. The Labute approximate surface area is 183 Å². The van der Waals surface area contributed by atoms with Gasteiger partial charge in [0.1, 0.15) is 0 Å². The van der Waals surface area contributed by atoms with Crippen LogP contribution in [-0.2, 0) is 9.53 Å². The van der Waals surface area contributed by atoms with Gasteiger partial charge in [0.05, 0.1) is 26.8 Å². The van der Waals surface area contributed by atoms with E-state index < -0.39 is 18.5 Å². The predicted octanol–water partition coefficient (Wildman–Crippen LogP) is 4.78. The highest BCUT2D eigenvalue weighted by atomic mass is 35.5. The summed E-state index contributed by atoms with van der Waals surface area (Å²) in [5.74, 6) is -1.46. The smallest absolute Gasteiger partial charge is 0.340 e. The Morgan fingerprint density at radius 3 is 2.57 bits per heavy atom. The van der Waals surface area contributed by atoms with Crippen molar-refractivity contribution in [3.8, 4) is 0 Å². The monoisotopic (exact) mass is 442 g/mol. The fourth-order valence-corrected chi connectivity index (χ4v) is 3.71. The second-order valence-electron chi connectivity index (χ2n) is 6.47. The molecule has 6 nitrogen and oxygen atoms in total. The van der Waals surface area contributed by atoms with Gasteiger partial charge in [0.2, 0.25) is 0 Å². The van der Waals surface area contributed by atoms with Crippen LogP contribution >= 0.6 is 22.9 Å². The molecule has 0 aliphatic carbocycles. The minimum absolute atomic E-state index is 0.186. The van der Waals surface area contributed by atoms with Crippen LogP contribution in [-0.4, -0.2) is 31.4 Å². The lowest BCUT2D eigenvalue weighted by molar-refractivity contribution is -0.119. The second-order valence-corrected chi connectivity index (χ2v) is 7.82. The van der Waals surface area contributed by atoms with Crippen LogP contribution in [0.25, 0.3) is 0 Å². The molecule has 0 radical (unpaired) electrons. The highest BCUT2D eigenvalue weighted by molar-refractivity contribution is 7.12. The zero-order valence-corrected chi connectivity index (χ0v) is 17.9. The first-order chi connectivity index (χ1) is 14.4. The number of carbonyl (C=O) groups is 3. The van der Waals surface area contributed by atoms with E-state index in [-0.39, 0.29) is 11.5 Å². The Kier molecular flexibility index (Phi) is 6.87. The number of benzene rings is 2. The summed E-state index contributed by atoms with van der Waals surface area (Å²) in [6.07, 6.45) is 0. The van der Waals surface area contributed by atoms with Crippen LogP contribution in [0, 0.1) is 6.92 Å². The Hall–Kier alpha value is -3.16. The average Bonchev–Trinajstić information content (AvgIpc) is 3.28. The second kappa shape index (κ2) is 9.56. The molecule has 0 saturated carbocycles. The highest BCUT2D eigenvalue weighted by Crippen LogP contribution is 2.24. The summed E-state index contributed by atoms with van der Waals surface area (Å²) in [6.45, 7) is 1.40. The molecule has 8 heteroatoms. The molecule has 3 rings (SSSR count). The van der Waals surface area contributed by atoms with Crippen molar-refractivity contribution in [1.82, 2.24) is 0 Å². The van der Waals surface area contributed by atoms with Gasteiger partial charge in [0, 0.05) is 7.05 Å². The molecule has 0 bridgehead atoms. The van der Waals surface area contributed by atoms with Crippen LogP contribution in [0.2, 0.25) is 5.02 Å². The average molecular weight is 443 g/mol. The van der Waals surface area contributed by atoms with Crippen LogP contribution in [0.3, 0.4) is 0 Å². The third-order valence-electron chi connectivity index (χ3n) is 4.25. The van der Waals surface area contributed by atoms with E-state index in [0.717, 1.165) is 5.56 Å². The lowest BCUT2D eigenvalue weighted by Crippen LogP contribution is -2.28. The molecule has 0 atom stereocenters. The van der Waals surface area contributed by atoms with Crippen molar-refractivity contribution in [3.63, 3.8) is 0 Å². The number of hydrogen-bond donors (Lipinski definition) is 1. The van der Waals surface area contributed by atoms with Crippen LogP contribution in [0.5, 0.6) is 0 Å². The molecule has 0 aliphatic heterocycles. The molecule has 0 saturated heterocycles. The summed E-state index contributed by atoms with van der Waals surface area (Å²) in [5, 5.41) is 4.81. The molecule has 2 amide bonds. The van der Waals surface area contributed by atoms with Crippen LogP contribution in [0.15, 0.2) is 60.0 Å². The molecule has 0 unspecified atom stereocenters. The van der Waals surface area contributed by atoms with Crippen LogP contribution in [0.1, 0.15) is 25.6 Å². The number of esters is 1. The normalized spacial score (nSPS) is 10.4. The summed E-state index contributed by atoms with van der Waals surface area (Å²) < 4.78 is 5.16. The molecular formula is C22H19ClN2O4S. The van der Waals surface area contributed by atoms with Gasteiger partial charge >= 0.3 is 5.97 Å². The van der Waals surface area contributed by atoms with E-state index >= 15 is 0 Å². The number of amides is 2. The largest absolute Gasteiger partial charge is 0.452 e. The maximum atomic E-state index is 12.6. The summed E-state index contributed by atoms with van der Waals surface area (Å²) in [7, 11) is 1.58. The number of rotatable bonds is 6. The molecular weight excluding hydrogens is 424 g/mol. The summed E-state index contributed by atoms with van der Waals surface area (Å²) in [6, 6.07) is 15.3. The maximum Gasteiger partial charge on any atom is 0.340 e.